The van der Waals surface area contributed by atoms with Crippen LogP contribution in [0.25, 0.3) is 22.6 Å². The second kappa shape index (κ2) is 11.0. The third-order valence-corrected chi connectivity index (χ3v) is 5.53. The molecular formula is C26H23ClN6O3. The van der Waals surface area contributed by atoms with Crippen molar-refractivity contribution in [3.8, 4) is 34.5 Å². The van der Waals surface area contributed by atoms with Crippen molar-refractivity contribution >= 4 is 23.2 Å². The number of benzene rings is 2. The van der Waals surface area contributed by atoms with Crippen molar-refractivity contribution in [2.24, 2.45) is 0 Å². The molecule has 0 aliphatic heterocycles. The van der Waals surface area contributed by atoms with Gasteiger partial charge in [0.2, 0.25) is 11.7 Å². The van der Waals surface area contributed by atoms with Crippen LogP contribution in [0.4, 0.5) is 5.69 Å². The third kappa shape index (κ3) is 5.86. The quantitative estimate of drug-likeness (QED) is 0.364. The lowest BCUT2D eigenvalue weighted by molar-refractivity contribution is 0.102. The van der Waals surface area contributed by atoms with Crippen molar-refractivity contribution in [1.82, 2.24) is 20.0 Å². The lowest BCUT2D eigenvalue weighted by Crippen LogP contribution is -2.19. The molecule has 2 aromatic heterocycles. The van der Waals surface area contributed by atoms with Crippen LogP contribution in [0.15, 0.2) is 59.3 Å². The molecule has 4 aromatic rings. The summed E-state index contributed by atoms with van der Waals surface area (Å²) in [5.41, 5.74) is 3.33. The van der Waals surface area contributed by atoms with Crippen molar-refractivity contribution in [3.05, 3.63) is 76.8 Å². The summed E-state index contributed by atoms with van der Waals surface area (Å²) >= 11 is 6.48. The van der Waals surface area contributed by atoms with Gasteiger partial charge in [-0.25, -0.2) is 0 Å². The van der Waals surface area contributed by atoms with Gasteiger partial charge in [-0.05, 0) is 44.4 Å². The van der Waals surface area contributed by atoms with Crippen LogP contribution in [0.5, 0.6) is 5.75 Å². The van der Waals surface area contributed by atoms with E-state index < -0.39 is 0 Å². The molecule has 0 spiro atoms. The second-order valence-corrected chi connectivity index (χ2v) is 8.60. The van der Waals surface area contributed by atoms with E-state index in [-0.39, 0.29) is 5.91 Å². The molecule has 36 heavy (non-hydrogen) atoms. The zero-order valence-corrected chi connectivity index (χ0v) is 20.7. The molecule has 0 fully saturated rings. The first-order valence-corrected chi connectivity index (χ1v) is 11.4. The zero-order chi connectivity index (χ0) is 25.7. The number of halogens is 1. The number of anilines is 1. The molecule has 2 aromatic carbocycles. The minimum atomic E-state index is -0.341. The number of nitrogens with one attached hydrogen (secondary N) is 1. The van der Waals surface area contributed by atoms with Crippen molar-refractivity contribution in [2.75, 3.05) is 32.6 Å². The molecule has 1 amide bonds. The Morgan fingerprint density at radius 1 is 1.19 bits per heavy atom. The fourth-order valence-electron chi connectivity index (χ4n) is 3.32. The van der Waals surface area contributed by atoms with Crippen LogP contribution in [-0.2, 0) is 0 Å². The Labute approximate surface area is 213 Å². The van der Waals surface area contributed by atoms with Crippen LogP contribution in [0.1, 0.15) is 21.8 Å². The van der Waals surface area contributed by atoms with E-state index in [1.165, 1.54) is 6.20 Å². The minimum Gasteiger partial charge on any atom is -0.491 e. The monoisotopic (exact) mass is 502 g/mol. The Morgan fingerprint density at radius 3 is 2.67 bits per heavy atom. The fraction of sp³-hybridized carbons (Fsp3) is 0.192. The molecule has 9 nitrogen and oxygen atoms in total. The average molecular weight is 503 g/mol. The number of pyridine rings is 1. The summed E-state index contributed by atoms with van der Waals surface area (Å²) < 4.78 is 10.7. The Kier molecular flexibility index (Phi) is 7.59. The predicted octanol–water partition coefficient (Wildman–Crippen LogP) is 4.82. The number of hydrogen-bond acceptors (Lipinski definition) is 8. The Bertz CT molecular complexity index is 1430. The first-order valence-electron chi connectivity index (χ1n) is 11.0. The van der Waals surface area contributed by atoms with Gasteiger partial charge >= 0.3 is 0 Å². The molecule has 10 heteroatoms. The van der Waals surface area contributed by atoms with E-state index in [0.717, 1.165) is 5.56 Å². The number of likely N-dealkylation sites (N-methyl/N-ethyl adjacent to an activating group) is 1. The van der Waals surface area contributed by atoms with Gasteiger partial charge in [0, 0.05) is 42.5 Å². The number of hydrogen-bond donors (Lipinski definition) is 1. The number of aryl methyl sites for hydroxylation is 1. The standard InChI is InChI=1S/C26H23ClN6O3/c1-16-30-25(32-36-16)17-5-8-21(22(27)12-17)23-9-6-19(15-29-23)26(34)31-20-7-4-18(14-28)24(13-20)35-11-10-33(2)3/h4-9,12-13,15H,10-11H2,1-3H3,(H,31,34). The van der Waals surface area contributed by atoms with Crippen LogP contribution in [0.2, 0.25) is 5.02 Å². The molecule has 0 aliphatic rings. The first kappa shape index (κ1) is 24.9. The van der Waals surface area contributed by atoms with Crippen LogP contribution in [-0.4, -0.2) is 53.2 Å². The summed E-state index contributed by atoms with van der Waals surface area (Å²) in [4.78, 5) is 23.4. The van der Waals surface area contributed by atoms with Crippen molar-refractivity contribution in [3.63, 3.8) is 0 Å². The number of amides is 1. The predicted molar refractivity (Wildman–Crippen MR) is 136 cm³/mol. The highest BCUT2D eigenvalue weighted by molar-refractivity contribution is 6.33. The summed E-state index contributed by atoms with van der Waals surface area (Å²) in [7, 11) is 3.87. The van der Waals surface area contributed by atoms with Gasteiger partial charge in [0.1, 0.15) is 18.4 Å². The Morgan fingerprint density at radius 2 is 2.03 bits per heavy atom. The lowest BCUT2D eigenvalue weighted by atomic mass is 10.1. The second-order valence-electron chi connectivity index (χ2n) is 8.19. The summed E-state index contributed by atoms with van der Waals surface area (Å²) in [5.74, 6) is 0.997. The van der Waals surface area contributed by atoms with Crippen LogP contribution in [0.3, 0.4) is 0 Å². The topological polar surface area (TPSA) is 117 Å². The molecule has 0 saturated heterocycles. The molecule has 0 unspecified atom stereocenters. The van der Waals surface area contributed by atoms with E-state index in [1.807, 2.05) is 31.1 Å². The highest BCUT2D eigenvalue weighted by Gasteiger charge is 2.13. The summed E-state index contributed by atoms with van der Waals surface area (Å²) in [5, 5.41) is 16.5. The van der Waals surface area contributed by atoms with E-state index >= 15 is 0 Å². The fourth-order valence-corrected chi connectivity index (χ4v) is 3.60. The maximum atomic E-state index is 12.8. The van der Waals surface area contributed by atoms with Crippen molar-refractivity contribution < 1.29 is 14.1 Å². The van der Waals surface area contributed by atoms with E-state index in [4.69, 9.17) is 20.9 Å². The number of rotatable bonds is 8. The summed E-state index contributed by atoms with van der Waals surface area (Å²) in [6, 6.07) is 15.8. The van der Waals surface area contributed by atoms with Gasteiger partial charge in [-0.15, -0.1) is 0 Å². The largest absolute Gasteiger partial charge is 0.491 e. The van der Waals surface area contributed by atoms with E-state index in [1.54, 1.807) is 43.3 Å². The summed E-state index contributed by atoms with van der Waals surface area (Å²) in [6.45, 7) is 2.83. The van der Waals surface area contributed by atoms with E-state index in [0.29, 0.717) is 63.7 Å². The normalized spacial score (nSPS) is 10.8. The number of carbonyl (C=O) groups is 1. The number of aromatic nitrogens is 3. The number of nitriles is 1. The van der Waals surface area contributed by atoms with Crippen LogP contribution in [0, 0.1) is 18.3 Å². The van der Waals surface area contributed by atoms with Gasteiger partial charge in [0.15, 0.2) is 0 Å². The van der Waals surface area contributed by atoms with Gasteiger partial charge in [-0.1, -0.05) is 28.9 Å². The molecule has 4 rings (SSSR count). The van der Waals surface area contributed by atoms with E-state index in [9.17, 15) is 10.1 Å². The van der Waals surface area contributed by atoms with Gasteiger partial charge in [-0.2, -0.15) is 10.2 Å². The highest BCUT2D eigenvalue weighted by atomic mass is 35.5. The molecule has 0 atom stereocenters. The Hall–Kier alpha value is -4.26. The van der Waals surface area contributed by atoms with Crippen LogP contribution < -0.4 is 10.1 Å². The van der Waals surface area contributed by atoms with Gasteiger partial charge < -0.3 is 19.5 Å². The molecule has 1 N–H and O–H groups in total. The molecule has 182 valence electrons. The van der Waals surface area contributed by atoms with Gasteiger partial charge in [0.05, 0.1) is 21.8 Å². The smallest absolute Gasteiger partial charge is 0.257 e. The third-order valence-electron chi connectivity index (χ3n) is 5.21. The maximum Gasteiger partial charge on any atom is 0.257 e. The lowest BCUT2D eigenvalue weighted by Gasteiger charge is -2.13. The average Bonchev–Trinajstić information content (AvgIpc) is 3.30. The minimum absolute atomic E-state index is 0.341. The van der Waals surface area contributed by atoms with Crippen molar-refractivity contribution in [2.45, 2.75) is 6.92 Å². The van der Waals surface area contributed by atoms with Crippen LogP contribution >= 0.6 is 11.6 Å². The first-order chi connectivity index (χ1) is 17.3. The molecule has 0 saturated carbocycles. The summed E-state index contributed by atoms with van der Waals surface area (Å²) in [6.07, 6.45) is 1.48. The molecular weight excluding hydrogens is 480 g/mol. The molecule has 0 radical (unpaired) electrons. The van der Waals surface area contributed by atoms with Gasteiger partial charge in [0.25, 0.3) is 5.91 Å². The molecule has 0 aliphatic carbocycles. The number of carbonyl (C=O) groups excluding carboxylic acids is 1. The van der Waals surface area contributed by atoms with Crippen molar-refractivity contribution in [1.29, 1.82) is 5.26 Å². The maximum absolute atomic E-state index is 12.8. The van der Waals surface area contributed by atoms with E-state index in [2.05, 4.69) is 26.5 Å². The number of ether oxygens (including phenoxy) is 1. The molecule has 2 heterocycles. The number of nitrogens with zero attached hydrogens (tertiary/aromatic N) is 5. The zero-order valence-electron chi connectivity index (χ0n) is 19.9. The Balaban J connectivity index is 1.46. The van der Waals surface area contributed by atoms with Gasteiger partial charge in [-0.3, -0.25) is 9.78 Å². The SMILES string of the molecule is Cc1nc(-c2ccc(-c3ccc(C(=O)Nc4ccc(C#N)c(OCCN(C)C)c4)cn3)c(Cl)c2)no1. The molecule has 0 bridgehead atoms. The highest BCUT2D eigenvalue weighted by Crippen LogP contribution is 2.30.